The molecule has 0 atom stereocenters. The Bertz CT molecular complexity index is 3740. The van der Waals surface area contributed by atoms with E-state index in [0.29, 0.717) is 0 Å². The Morgan fingerprint density at radius 1 is 0.288 bits per heavy atom. The molecule has 1 fully saturated rings. The van der Waals surface area contributed by atoms with Gasteiger partial charge < -0.3 is 4.90 Å². The maximum atomic E-state index is 2.52. The molecule has 0 saturated heterocycles. The number of para-hydroxylation sites is 2. The highest BCUT2D eigenvalue weighted by Crippen LogP contribution is 2.57. The van der Waals surface area contributed by atoms with E-state index in [9.17, 15) is 0 Å². The number of benzene rings is 11. The molecule has 73 heavy (non-hydrogen) atoms. The zero-order valence-electron chi connectivity index (χ0n) is 41.0. The molecule has 0 radical (unpaired) electrons. The second-order valence-electron chi connectivity index (χ2n) is 19.9. The van der Waals surface area contributed by atoms with E-state index < -0.39 is 0 Å². The van der Waals surface area contributed by atoms with Gasteiger partial charge in [0.1, 0.15) is 0 Å². The van der Waals surface area contributed by atoms with Crippen molar-refractivity contribution in [2.24, 2.45) is 0 Å². The molecule has 0 aromatic heterocycles. The number of hydrogen-bond acceptors (Lipinski definition) is 1. The summed E-state index contributed by atoms with van der Waals surface area (Å²) in [5, 5.41) is 2.44. The summed E-state index contributed by atoms with van der Waals surface area (Å²) in [6.45, 7) is 0. The quantitative estimate of drug-likeness (QED) is 0.124. The number of anilines is 3. The lowest BCUT2D eigenvalue weighted by atomic mass is 9.67. The van der Waals surface area contributed by atoms with Crippen LogP contribution in [0.15, 0.2) is 261 Å². The van der Waals surface area contributed by atoms with Crippen molar-refractivity contribution in [1.29, 1.82) is 0 Å². The van der Waals surface area contributed by atoms with Crippen molar-refractivity contribution in [3.05, 3.63) is 283 Å². The van der Waals surface area contributed by atoms with Gasteiger partial charge in [-0.2, -0.15) is 0 Å². The van der Waals surface area contributed by atoms with Gasteiger partial charge in [-0.25, -0.2) is 0 Å². The second kappa shape index (κ2) is 19.1. The Morgan fingerprint density at radius 2 is 0.726 bits per heavy atom. The SMILES string of the molecule is C(=C\c1ccc2cc(-c3cc(-c4ccccc4)c(-c4ccccc4)c(-c4ccccc4)c3-c3ccccc3)ccc2c1)/c1ccc2c(c1)C1(CCCCC1)c1cc(N(c3ccccc3)c3ccccc3)ccc1-2. The molecule has 0 heterocycles. The van der Waals surface area contributed by atoms with Crippen molar-refractivity contribution in [2.45, 2.75) is 37.5 Å². The normalized spacial score (nSPS) is 13.5. The third-order valence-electron chi connectivity index (χ3n) is 15.6. The Morgan fingerprint density at radius 3 is 1.30 bits per heavy atom. The summed E-state index contributed by atoms with van der Waals surface area (Å²) >= 11 is 0. The van der Waals surface area contributed by atoms with Gasteiger partial charge in [-0.3, -0.25) is 0 Å². The zero-order chi connectivity index (χ0) is 48.6. The number of fused-ring (bicyclic) bond motifs is 6. The first-order chi connectivity index (χ1) is 36.2. The van der Waals surface area contributed by atoms with E-state index in [1.165, 1.54) is 149 Å². The predicted molar refractivity (Wildman–Crippen MR) is 310 cm³/mol. The van der Waals surface area contributed by atoms with Gasteiger partial charge in [-0.05, 0) is 167 Å². The lowest BCUT2D eigenvalue weighted by Crippen LogP contribution is -2.28. The van der Waals surface area contributed by atoms with E-state index in [2.05, 4.69) is 278 Å². The molecule has 0 unspecified atom stereocenters. The van der Waals surface area contributed by atoms with Crippen LogP contribution >= 0.6 is 0 Å². The van der Waals surface area contributed by atoms with E-state index in [1.54, 1.807) is 0 Å². The van der Waals surface area contributed by atoms with Crippen LogP contribution in [0.3, 0.4) is 0 Å². The van der Waals surface area contributed by atoms with Crippen LogP contribution in [0.25, 0.3) is 89.7 Å². The predicted octanol–water partition coefficient (Wildman–Crippen LogP) is 20.0. The van der Waals surface area contributed by atoms with Crippen LogP contribution in [0.2, 0.25) is 0 Å². The fraction of sp³-hybridized carbons (Fsp3) is 0.0833. The minimum atomic E-state index is 0.00838. The van der Waals surface area contributed by atoms with Gasteiger partial charge in [-0.1, -0.05) is 238 Å². The van der Waals surface area contributed by atoms with Crippen molar-refractivity contribution in [3.63, 3.8) is 0 Å². The first-order valence-corrected chi connectivity index (χ1v) is 26.0. The van der Waals surface area contributed by atoms with Crippen molar-refractivity contribution >= 4 is 40.0 Å². The van der Waals surface area contributed by atoms with Gasteiger partial charge in [-0.15, -0.1) is 0 Å². The third kappa shape index (κ3) is 8.18. The average molecular weight is 934 g/mol. The smallest absolute Gasteiger partial charge is 0.0465 e. The fourth-order valence-corrected chi connectivity index (χ4v) is 12.2. The Hall–Kier alpha value is -8.78. The van der Waals surface area contributed by atoms with Crippen LogP contribution in [-0.4, -0.2) is 0 Å². The van der Waals surface area contributed by atoms with E-state index in [-0.39, 0.29) is 5.41 Å². The maximum absolute atomic E-state index is 2.52. The van der Waals surface area contributed by atoms with Crippen LogP contribution in [0, 0.1) is 0 Å². The standard InChI is InChI=1S/C72H55N/c1-8-22-53(23-9-1)65-50-66(70(55-26-12-3-13-27-55)71(56-28-14-4-15-29-56)69(65)54-24-10-2-11-25-54)59-40-39-57-46-51(36-38-58(57)48-59)34-35-52-37-42-63-64-43-41-62(49-68(64)72(67(63)47-52)44-20-7-21-45-72)73(60-30-16-5-17-31-60)61-32-18-6-19-33-61/h1-6,8-19,22-43,46-50H,7,20-21,44-45H2/b35-34+. The van der Waals surface area contributed by atoms with Crippen LogP contribution in [0.4, 0.5) is 17.1 Å². The third-order valence-corrected chi connectivity index (χ3v) is 15.6. The molecule has 0 bridgehead atoms. The molecule has 2 aliphatic carbocycles. The number of hydrogen-bond donors (Lipinski definition) is 0. The summed E-state index contributed by atoms with van der Waals surface area (Å²) in [4.78, 5) is 2.41. The zero-order valence-corrected chi connectivity index (χ0v) is 41.0. The van der Waals surface area contributed by atoms with Gasteiger partial charge in [0, 0.05) is 22.5 Å². The molecule has 11 aromatic carbocycles. The first kappa shape index (κ1) is 44.2. The molecule has 1 nitrogen and oxygen atoms in total. The molecule has 13 rings (SSSR count). The molecule has 1 spiro atoms. The van der Waals surface area contributed by atoms with Crippen LogP contribution in [0.1, 0.15) is 54.4 Å². The van der Waals surface area contributed by atoms with E-state index in [4.69, 9.17) is 0 Å². The van der Waals surface area contributed by atoms with Gasteiger partial charge in [0.2, 0.25) is 0 Å². The van der Waals surface area contributed by atoms with Crippen molar-refractivity contribution in [3.8, 4) is 66.8 Å². The van der Waals surface area contributed by atoms with E-state index in [0.717, 1.165) is 0 Å². The summed E-state index contributed by atoms with van der Waals surface area (Å²) in [6, 6.07) is 96.2. The maximum Gasteiger partial charge on any atom is 0.0465 e. The summed E-state index contributed by atoms with van der Waals surface area (Å²) in [7, 11) is 0. The summed E-state index contributed by atoms with van der Waals surface area (Å²) in [5.74, 6) is 0. The summed E-state index contributed by atoms with van der Waals surface area (Å²) in [5.41, 5.74) is 23.9. The summed E-state index contributed by atoms with van der Waals surface area (Å²) in [6.07, 6.45) is 10.8. The molecule has 0 N–H and O–H groups in total. The van der Waals surface area contributed by atoms with Crippen molar-refractivity contribution < 1.29 is 0 Å². The van der Waals surface area contributed by atoms with Crippen molar-refractivity contribution in [2.75, 3.05) is 4.90 Å². The molecular weight excluding hydrogens is 879 g/mol. The average Bonchev–Trinajstić information content (AvgIpc) is 3.73. The Balaban J connectivity index is 0.875. The summed E-state index contributed by atoms with van der Waals surface area (Å²) < 4.78 is 0. The molecule has 0 aliphatic heterocycles. The molecule has 2 aliphatic rings. The van der Waals surface area contributed by atoms with E-state index in [1.807, 2.05) is 0 Å². The largest absolute Gasteiger partial charge is 0.310 e. The highest BCUT2D eigenvalue weighted by atomic mass is 15.1. The molecule has 1 heteroatoms. The molecule has 11 aromatic rings. The van der Waals surface area contributed by atoms with Gasteiger partial charge >= 0.3 is 0 Å². The van der Waals surface area contributed by atoms with Crippen LogP contribution < -0.4 is 4.90 Å². The monoisotopic (exact) mass is 933 g/mol. The van der Waals surface area contributed by atoms with Crippen LogP contribution in [-0.2, 0) is 5.41 Å². The Kier molecular flexibility index (Phi) is 11.6. The fourth-order valence-electron chi connectivity index (χ4n) is 12.2. The minimum absolute atomic E-state index is 0.00838. The van der Waals surface area contributed by atoms with Gasteiger partial charge in [0.05, 0.1) is 0 Å². The molecule has 1 saturated carbocycles. The molecule has 348 valence electrons. The van der Waals surface area contributed by atoms with E-state index >= 15 is 0 Å². The van der Waals surface area contributed by atoms with Crippen LogP contribution in [0.5, 0.6) is 0 Å². The number of rotatable bonds is 10. The Labute approximate surface area is 430 Å². The molecule has 0 amide bonds. The second-order valence-corrected chi connectivity index (χ2v) is 19.9. The van der Waals surface area contributed by atoms with Crippen molar-refractivity contribution in [1.82, 2.24) is 0 Å². The lowest BCUT2D eigenvalue weighted by molar-refractivity contribution is 0.353. The number of nitrogens with zero attached hydrogens (tertiary/aromatic N) is 1. The first-order valence-electron chi connectivity index (χ1n) is 26.0. The minimum Gasteiger partial charge on any atom is -0.310 e. The highest BCUT2D eigenvalue weighted by molar-refractivity contribution is 6.08. The molecular formula is C72H55N. The van der Waals surface area contributed by atoms with Gasteiger partial charge in [0.25, 0.3) is 0 Å². The van der Waals surface area contributed by atoms with Gasteiger partial charge in [0.15, 0.2) is 0 Å². The lowest BCUT2D eigenvalue weighted by Gasteiger charge is -2.37. The highest BCUT2D eigenvalue weighted by Gasteiger charge is 2.44. The topological polar surface area (TPSA) is 3.24 Å².